The summed E-state index contributed by atoms with van der Waals surface area (Å²) in [7, 11) is 1.55. The van der Waals surface area contributed by atoms with E-state index >= 15 is 0 Å². The number of hydrogen-bond acceptors (Lipinski definition) is 2. The molecule has 0 spiro atoms. The van der Waals surface area contributed by atoms with E-state index in [1.807, 2.05) is 25.1 Å². The Morgan fingerprint density at radius 3 is 2.33 bits per heavy atom. The van der Waals surface area contributed by atoms with Gasteiger partial charge in [0.25, 0.3) is 0 Å². The van der Waals surface area contributed by atoms with Crippen molar-refractivity contribution in [3.63, 3.8) is 0 Å². The van der Waals surface area contributed by atoms with Gasteiger partial charge in [0, 0.05) is 28.7 Å². The third-order valence-corrected chi connectivity index (χ3v) is 5.24. The Kier molecular flexibility index (Phi) is 7.96. The van der Waals surface area contributed by atoms with E-state index in [0.717, 1.165) is 5.56 Å². The number of carbonyl (C=O) groups excluding carboxylic acids is 2. The van der Waals surface area contributed by atoms with Crippen molar-refractivity contribution in [2.24, 2.45) is 0 Å². The molecule has 4 nitrogen and oxygen atoms in total. The van der Waals surface area contributed by atoms with E-state index in [2.05, 4.69) is 5.32 Å². The number of nitrogens with one attached hydrogen (secondary N) is 1. The summed E-state index contributed by atoms with van der Waals surface area (Å²) in [6.45, 7) is 2.09. The summed E-state index contributed by atoms with van der Waals surface area (Å²) < 4.78 is 0. The van der Waals surface area contributed by atoms with Crippen LogP contribution in [0, 0.1) is 0 Å². The first kappa shape index (κ1) is 21.5. The molecule has 0 saturated carbocycles. The Labute approximate surface area is 174 Å². The van der Waals surface area contributed by atoms with Crippen molar-refractivity contribution < 1.29 is 9.59 Å². The molecular weight excluding hydrogens is 407 g/mol. The van der Waals surface area contributed by atoms with Crippen LogP contribution in [0.2, 0.25) is 15.1 Å². The number of amides is 2. The lowest BCUT2D eigenvalue weighted by Crippen LogP contribution is -2.48. The molecule has 0 aliphatic heterocycles. The fraction of sp³-hybridized carbons (Fsp3) is 0.300. The largest absolute Gasteiger partial charge is 0.357 e. The second-order valence-corrected chi connectivity index (χ2v) is 7.31. The van der Waals surface area contributed by atoms with Crippen LogP contribution in [-0.4, -0.2) is 29.8 Å². The number of carbonyl (C=O) groups is 2. The molecular formula is C20H21Cl3N2O2. The van der Waals surface area contributed by atoms with Crippen LogP contribution >= 0.6 is 34.8 Å². The molecule has 0 aliphatic carbocycles. The van der Waals surface area contributed by atoms with Gasteiger partial charge in [-0.3, -0.25) is 9.59 Å². The number of likely N-dealkylation sites (N-methyl/N-ethyl adjacent to an activating group) is 1. The topological polar surface area (TPSA) is 49.4 Å². The lowest BCUT2D eigenvalue weighted by atomic mass is 10.1. The highest BCUT2D eigenvalue weighted by atomic mass is 35.5. The van der Waals surface area contributed by atoms with Crippen molar-refractivity contribution in [2.45, 2.75) is 32.4 Å². The van der Waals surface area contributed by atoms with Crippen molar-refractivity contribution in [1.82, 2.24) is 10.2 Å². The first-order valence-corrected chi connectivity index (χ1v) is 9.69. The molecule has 0 radical (unpaired) electrons. The predicted molar refractivity (Wildman–Crippen MR) is 110 cm³/mol. The quantitative estimate of drug-likeness (QED) is 0.693. The zero-order chi connectivity index (χ0) is 20.0. The summed E-state index contributed by atoms with van der Waals surface area (Å²) in [5.41, 5.74) is 1.43. The third kappa shape index (κ3) is 5.61. The van der Waals surface area contributed by atoms with Crippen molar-refractivity contribution in [3.05, 3.63) is 68.7 Å². The molecule has 1 atom stereocenters. The van der Waals surface area contributed by atoms with Gasteiger partial charge in [-0.15, -0.1) is 0 Å². The zero-order valence-electron chi connectivity index (χ0n) is 15.1. The molecule has 144 valence electrons. The maximum Gasteiger partial charge on any atom is 0.242 e. The molecule has 2 rings (SSSR count). The summed E-state index contributed by atoms with van der Waals surface area (Å²) in [5, 5.41) is 4.09. The maximum atomic E-state index is 13.1. The van der Waals surface area contributed by atoms with Crippen molar-refractivity contribution >= 4 is 46.6 Å². The van der Waals surface area contributed by atoms with E-state index in [4.69, 9.17) is 34.8 Å². The first-order valence-electron chi connectivity index (χ1n) is 8.55. The van der Waals surface area contributed by atoms with Crippen molar-refractivity contribution in [2.75, 3.05) is 7.05 Å². The highest BCUT2D eigenvalue weighted by molar-refractivity contribution is 6.35. The van der Waals surface area contributed by atoms with Crippen LogP contribution < -0.4 is 5.32 Å². The Morgan fingerprint density at radius 1 is 1.04 bits per heavy atom. The van der Waals surface area contributed by atoms with Crippen LogP contribution in [0.3, 0.4) is 0 Å². The number of hydrogen-bond donors (Lipinski definition) is 1. The molecule has 0 fully saturated rings. The van der Waals surface area contributed by atoms with Gasteiger partial charge in [0.2, 0.25) is 11.8 Å². The smallest absolute Gasteiger partial charge is 0.242 e. The standard InChI is InChI=1S/C20H21Cl3N2O2/c1-3-18(20(27)24-2)25(12-14-6-4-5-7-16(14)22)19(26)10-13-8-9-15(21)11-17(13)23/h4-9,11,18H,3,10,12H2,1-2H3,(H,24,27)/t18-/m0/s1. The Morgan fingerprint density at radius 2 is 1.74 bits per heavy atom. The van der Waals surface area contributed by atoms with E-state index < -0.39 is 6.04 Å². The number of halogens is 3. The summed E-state index contributed by atoms with van der Waals surface area (Å²) in [4.78, 5) is 27.0. The molecule has 0 saturated heterocycles. The van der Waals surface area contributed by atoms with Gasteiger partial charge in [0.15, 0.2) is 0 Å². The van der Waals surface area contributed by atoms with E-state index in [1.165, 1.54) is 0 Å². The molecule has 0 bridgehead atoms. The molecule has 27 heavy (non-hydrogen) atoms. The van der Waals surface area contributed by atoms with Crippen LogP contribution in [0.15, 0.2) is 42.5 Å². The van der Waals surface area contributed by atoms with E-state index in [-0.39, 0.29) is 24.8 Å². The molecule has 0 heterocycles. The average Bonchev–Trinajstić information content (AvgIpc) is 2.65. The second-order valence-electron chi connectivity index (χ2n) is 6.06. The van der Waals surface area contributed by atoms with Crippen LogP contribution in [0.1, 0.15) is 24.5 Å². The van der Waals surface area contributed by atoms with Gasteiger partial charge < -0.3 is 10.2 Å². The molecule has 0 aromatic heterocycles. The van der Waals surface area contributed by atoms with Crippen molar-refractivity contribution in [1.29, 1.82) is 0 Å². The summed E-state index contributed by atoms with van der Waals surface area (Å²) >= 11 is 18.4. The van der Waals surface area contributed by atoms with Gasteiger partial charge in [-0.2, -0.15) is 0 Å². The van der Waals surface area contributed by atoms with Crippen LogP contribution in [0.4, 0.5) is 0 Å². The van der Waals surface area contributed by atoms with Gasteiger partial charge in [-0.1, -0.05) is 66.0 Å². The SMILES string of the molecule is CC[C@@H](C(=O)NC)N(Cc1ccccc1Cl)C(=O)Cc1ccc(Cl)cc1Cl. The minimum atomic E-state index is -0.607. The number of benzene rings is 2. The minimum absolute atomic E-state index is 0.0634. The fourth-order valence-electron chi connectivity index (χ4n) is 2.83. The molecule has 7 heteroatoms. The highest BCUT2D eigenvalue weighted by Crippen LogP contribution is 2.24. The third-order valence-electron chi connectivity index (χ3n) is 4.29. The average molecular weight is 428 g/mol. The van der Waals surface area contributed by atoms with E-state index in [9.17, 15) is 9.59 Å². The molecule has 2 aromatic rings. The van der Waals surface area contributed by atoms with Crippen LogP contribution in [-0.2, 0) is 22.6 Å². The lowest BCUT2D eigenvalue weighted by molar-refractivity contribution is -0.140. The van der Waals surface area contributed by atoms with Gasteiger partial charge in [-0.25, -0.2) is 0 Å². The predicted octanol–water partition coefficient (Wildman–Crippen LogP) is 4.74. The van der Waals surface area contributed by atoms with Gasteiger partial charge >= 0.3 is 0 Å². The molecule has 1 N–H and O–H groups in total. The maximum absolute atomic E-state index is 13.1. The van der Waals surface area contributed by atoms with Crippen LogP contribution in [0.5, 0.6) is 0 Å². The first-order chi connectivity index (χ1) is 12.9. The Balaban J connectivity index is 2.33. The van der Waals surface area contributed by atoms with Crippen molar-refractivity contribution in [3.8, 4) is 0 Å². The molecule has 0 unspecified atom stereocenters. The van der Waals surface area contributed by atoms with E-state index in [0.29, 0.717) is 27.1 Å². The minimum Gasteiger partial charge on any atom is -0.357 e. The van der Waals surface area contributed by atoms with Gasteiger partial charge in [0.1, 0.15) is 6.04 Å². The Hall–Kier alpha value is -1.75. The molecule has 2 aromatic carbocycles. The number of nitrogens with zero attached hydrogens (tertiary/aromatic N) is 1. The lowest BCUT2D eigenvalue weighted by Gasteiger charge is -2.30. The zero-order valence-corrected chi connectivity index (χ0v) is 17.4. The summed E-state index contributed by atoms with van der Waals surface area (Å²) in [6.07, 6.45) is 0.540. The van der Waals surface area contributed by atoms with Crippen LogP contribution in [0.25, 0.3) is 0 Å². The normalized spacial score (nSPS) is 11.7. The summed E-state index contributed by atoms with van der Waals surface area (Å²) in [6, 6.07) is 11.7. The van der Waals surface area contributed by atoms with Gasteiger partial charge in [-0.05, 0) is 35.7 Å². The summed E-state index contributed by atoms with van der Waals surface area (Å²) in [5.74, 6) is -0.435. The second kappa shape index (κ2) is 9.98. The Bertz CT molecular complexity index is 827. The highest BCUT2D eigenvalue weighted by Gasteiger charge is 2.28. The molecule has 2 amide bonds. The molecule has 0 aliphatic rings. The van der Waals surface area contributed by atoms with Gasteiger partial charge in [0.05, 0.1) is 6.42 Å². The monoisotopic (exact) mass is 426 g/mol. The fourth-order valence-corrected chi connectivity index (χ4v) is 3.50. The number of rotatable bonds is 7. The van der Waals surface area contributed by atoms with E-state index in [1.54, 1.807) is 36.2 Å².